The van der Waals surface area contributed by atoms with Gasteiger partial charge in [0.2, 0.25) is 0 Å². The fourth-order valence-electron chi connectivity index (χ4n) is 0.998. The Morgan fingerprint density at radius 3 is 2.07 bits per heavy atom. The van der Waals surface area contributed by atoms with E-state index in [9.17, 15) is 0 Å². The van der Waals surface area contributed by atoms with Crippen LogP contribution in [0.4, 0.5) is 0 Å². The highest BCUT2D eigenvalue weighted by atomic mass is 32.2. The van der Waals surface area contributed by atoms with E-state index in [1.54, 1.807) is 0 Å². The van der Waals surface area contributed by atoms with Gasteiger partial charge in [-0.05, 0) is 29.7 Å². The highest BCUT2D eigenvalue weighted by Crippen LogP contribution is 2.36. The van der Waals surface area contributed by atoms with E-state index in [0.717, 1.165) is 5.75 Å². The average Bonchev–Trinajstić information content (AvgIpc) is 1.98. The van der Waals surface area contributed by atoms with Crippen molar-refractivity contribution in [2.75, 3.05) is 5.75 Å². The van der Waals surface area contributed by atoms with E-state index < -0.39 is 0 Å². The van der Waals surface area contributed by atoms with Crippen molar-refractivity contribution in [3.05, 3.63) is 11.1 Å². The molecule has 0 saturated carbocycles. The second-order valence-corrected chi connectivity index (χ2v) is 7.22. The molecule has 0 fully saturated rings. The number of hydrogen-bond donors (Lipinski definition) is 0. The van der Waals surface area contributed by atoms with E-state index in [-0.39, 0.29) is 5.41 Å². The molecule has 1 nitrogen and oxygen atoms in total. The van der Waals surface area contributed by atoms with Crippen molar-refractivity contribution in [2.24, 2.45) is 15.8 Å². The lowest BCUT2D eigenvalue weighted by molar-refractivity contribution is 0.401. The van der Waals surface area contributed by atoms with Crippen LogP contribution >= 0.6 is 11.8 Å². The summed E-state index contributed by atoms with van der Waals surface area (Å²) in [5, 5.41) is 0. The first kappa shape index (κ1) is 14.8. The summed E-state index contributed by atoms with van der Waals surface area (Å²) in [5.41, 5.74) is 0.599. The molecule has 0 amide bonds. The summed E-state index contributed by atoms with van der Waals surface area (Å²) in [4.78, 5) is 5.21. The average molecular weight is 227 g/mol. The molecule has 0 spiro atoms. The summed E-state index contributed by atoms with van der Waals surface area (Å²) in [6, 6.07) is 0. The predicted octanol–water partition coefficient (Wildman–Crippen LogP) is 4.74. The zero-order valence-electron chi connectivity index (χ0n) is 11.1. The maximum absolute atomic E-state index is 3.88. The van der Waals surface area contributed by atoms with E-state index in [2.05, 4.69) is 53.3 Å². The minimum Gasteiger partial charge on any atom is -0.272 e. The fraction of sp³-hybridized carbons (Fsp3) is 0.769. The monoisotopic (exact) mass is 227 g/mol. The van der Waals surface area contributed by atoms with Crippen molar-refractivity contribution >= 4 is 18.5 Å². The van der Waals surface area contributed by atoms with Crippen LogP contribution in [0.25, 0.3) is 0 Å². The molecule has 2 heteroatoms. The van der Waals surface area contributed by atoms with Crippen molar-refractivity contribution in [3.63, 3.8) is 0 Å². The molecule has 0 aliphatic heterocycles. The summed E-state index contributed by atoms with van der Waals surface area (Å²) in [6.45, 7) is 17.0. The molecule has 0 aliphatic rings. The van der Waals surface area contributed by atoms with Crippen molar-refractivity contribution in [1.82, 2.24) is 0 Å². The van der Waals surface area contributed by atoms with E-state index in [4.69, 9.17) is 0 Å². The second-order valence-electron chi connectivity index (χ2n) is 6.09. The second kappa shape index (κ2) is 5.74. The number of nitrogens with zero attached hydrogens (tertiary/aromatic N) is 1. The maximum atomic E-state index is 3.88. The van der Waals surface area contributed by atoms with E-state index in [1.165, 1.54) is 11.3 Å². The van der Waals surface area contributed by atoms with Crippen LogP contribution in [0.15, 0.2) is 16.1 Å². The molecule has 0 aliphatic carbocycles. The zero-order chi connectivity index (χ0) is 12.1. The molecule has 0 heterocycles. The van der Waals surface area contributed by atoms with E-state index in [0.29, 0.717) is 5.41 Å². The Morgan fingerprint density at radius 1 is 1.20 bits per heavy atom. The maximum Gasteiger partial charge on any atom is 0.0361 e. The van der Waals surface area contributed by atoms with Gasteiger partial charge in [0, 0.05) is 11.1 Å². The van der Waals surface area contributed by atoms with Crippen LogP contribution in [0.1, 0.15) is 48.0 Å². The Morgan fingerprint density at radius 2 is 1.73 bits per heavy atom. The number of rotatable bonds is 4. The van der Waals surface area contributed by atoms with Gasteiger partial charge in [-0.2, -0.15) is 0 Å². The molecule has 15 heavy (non-hydrogen) atoms. The normalized spacial score (nSPS) is 14.1. The Balaban J connectivity index is 4.23. The molecular weight excluding hydrogens is 202 g/mol. The van der Waals surface area contributed by atoms with E-state index in [1.807, 2.05) is 18.0 Å². The fourth-order valence-corrected chi connectivity index (χ4v) is 2.51. The highest BCUT2D eigenvalue weighted by Gasteiger charge is 2.18. The van der Waals surface area contributed by atoms with Crippen LogP contribution < -0.4 is 0 Å². The molecule has 0 rings (SSSR count). The van der Waals surface area contributed by atoms with Gasteiger partial charge < -0.3 is 0 Å². The topological polar surface area (TPSA) is 12.4 Å². The van der Waals surface area contributed by atoms with Crippen LogP contribution in [0.2, 0.25) is 0 Å². The Bertz CT molecular complexity index is 228. The SMILES string of the molecule is C=N/C=C(\SCCC(C)(C)C)C(C)(C)C. The third-order valence-corrected chi connectivity index (χ3v) is 3.49. The number of allylic oxidation sites excluding steroid dienone is 1. The first-order chi connectivity index (χ1) is 6.67. The standard InChI is InChI=1S/C13H25NS/c1-12(2,3)8-9-15-11(10-14-7)13(4,5)6/h10H,7-9H2,1-6H3/b11-10-. The molecule has 0 atom stereocenters. The van der Waals surface area contributed by atoms with Gasteiger partial charge in [0.25, 0.3) is 0 Å². The lowest BCUT2D eigenvalue weighted by Gasteiger charge is -2.23. The zero-order valence-corrected chi connectivity index (χ0v) is 11.9. The molecular formula is C13H25NS. The molecule has 0 saturated heterocycles. The van der Waals surface area contributed by atoms with Gasteiger partial charge in [-0.1, -0.05) is 41.5 Å². The summed E-state index contributed by atoms with van der Waals surface area (Å²) in [7, 11) is 0. The first-order valence-electron chi connectivity index (χ1n) is 5.46. The van der Waals surface area contributed by atoms with Crippen molar-refractivity contribution < 1.29 is 0 Å². The molecule has 88 valence electrons. The third kappa shape index (κ3) is 7.66. The molecule has 0 aromatic heterocycles. The molecule has 0 aromatic carbocycles. The first-order valence-corrected chi connectivity index (χ1v) is 6.45. The van der Waals surface area contributed by atoms with E-state index >= 15 is 0 Å². The van der Waals surface area contributed by atoms with Crippen molar-refractivity contribution in [1.29, 1.82) is 0 Å². The van der Waals surface area contributed by atoms with Crippen molar-refractivity contribution in [2.45, 2.75) is 48.0 Å². The quantitative estimate of drug-likeness (QED) is 0.632. The van der Waals surface area contributed by atoms with Gasteiger partial charge in [0.1, 0.15) is 0 Å². The van der Waals surface area contributed by atoms with Crippen LogP contribution in [0, 0.1) is 10.8 Å². The molecule has 0 unspecified atom stereocenters. The summed E-state index contributed by atoms with van der Waals surface area (Å²) in [6.07, 6.45) is 3.12. The largest absolute Gasteiger partial charge is 0.272 e. The smallest absolute Gasteiger partial charge is 0.0361 e. The summed E-state index contributed by atoms with van der Waals surface area (Å²) >= 11 is 1.91. The predicted molar refractivity (Wildman–Crippen MR) is 73.6 cm³/mol. The lowest BCUT2D eigenvalue weighted by Crippen LogP contribution is -2.10. The summed E-state index contributed by atoms with van der Waals surface area (Å²) in [5.74, 6) is 1.15. The van der Waals surface area contributed by atoms with Gasteiger partial charge >= 0.3 is 0 Å². The number of aliphatic imine (C=N–C) groups is 1. The molecule has 0 bridgehead atoms. The van der Waals surface area contributed by atoms with Crippen LogP contribution in [0.5, 0.6) is 0 Å². The Labute approximate surface area is 99.4 Å². The van der Waals surface area contributed by atoms with Crippen LogP contribution in [0.3, 0.4) is 0 Å². The van der Waals surface area contributed by atoms with Crippen LogP contribution in [-0.4, -0.2) is 12.5 Å². The van der Waals surface area contributed by atoms with Gasteiger partial charge in [-0.15, -0.1) is 11.8 Å². The Kier molecular flexibility index (Phi) is 5.65. The minimum absolute atomic E-state index is 0.184. The number of thioether (sulfide) groups is 1. The third-order valence-electron chi connectivity index (χ3n) is 2.06. The van der Waals surface area contributed by atoms with Gasteiger partial charge in [-0.25, -0.2) is 0 Å². The molecule has 0 aromatic rings. The molecule has 0 radical (unpaired) electrons. The number of hydrogen-bond acceptors (Lipinski definition) is 2. The van der Waals surface area contributed by atoms with Gasteiger partial charge in [-0.3, -0.25) is 4.99 Å². The lowest BCUT2D eigenvalue weighted by atomic mass is 9.94. The minimum atomic E-state index is 0.184. The molecule has 0 N–H and O–H groups in total. The highest BCUT2D eigenvalue weighted by molar-refractivity contribution is 8.03. The van der Waals surface area contributed by atoms with Gasteiger partial charge in [0.15, 0.2) is 0 Å². The Hall–Kier alpha value is -0.240. The van der Waals surface area contributed by atoms with Crippen LogP contribution in [-0.2, 0) is 0 Å². The summed E-state index contributed by atoms with van der Waals surface area (Å²) < 4.78 is 0. The van der Waals surface area contributed by atoms with Crippen molar-refractivity contribution in [3.8, 4) is 0 Å². The van der Waals surface area contributed by atoms with Gasteiger partial charge in [0.05, 0.1) is 0 Å².